The molecule has 0 unspecified atom stereocenters. The van der Waals surface area contributed by atoms with Crippen LogP contribution in [0.5, 0.6) is 11.6 Å². The Morgan fingerprint density at radius 3 is 2.53 bits per heavy atom. The Morgan fingerprint density at radius 2 is 1.82 bits per heavy atom. The largest absolute Gasteiger partial charge is 0.438 e. The first-order chi connectivity index (χ1) is 8.08. The maximum Gasteiger partial charge on any atom is 0.233 e. The number of rotatable bonds is 2. The average Bonchev–Trinajstić information content (AvgIpc) is 2.28. The second kappa shape index (κ2) is 5.19. The number of hydrogen-bond acceptors (Lipinski definition) is 2. The van der Waals surface area contributed by atoms with E-state index in [1.54, 1.807) is 6.20 Å². The van der Waals surface area contributed by atoms with Crippen LogP contribution in [0.3, 0.4) is 0 Å². The molecule has 0 radical (unpaired) electrons. The Balaban J connectivity index is 2.35. The van der Waals surface area contributed by atoms with Crippen LogP contribution in [0.25, 0.3) is 0 Å². The normalized spacial score (nSPS) is 10.4. The molecule has 17 heavy (non-hydrogen) atoms. The van der Waals surface area contributed by atoms with E-state index >= 15 is 0 Å². The fourth-order valence-corrected chi connectivity index (χ4v) is 2.21. The second-order valence-corrected chi connectivity index (χ2v) is 5.47. The number of pyridine rings is 1. The summed E-state index contributed by atoms with van der Waals surface area (Å²) in [6.45, 7) is 4.01. The summed E-state index contributed by atoms with van der Waals surface area (Å²) in [5, 5.41) is 0. The lowest BCUT2D eigenvalue weighted by atomic mass is 10.2. The quantitative estimate of drug-likeness (QED) is 0.754. The second-order valence-electron chi connectivity index (χ2n) is 3.76. The maximum absolute atomic E-state index is 5.80. The highest BCUT2D eigenvalue weighted by atomic mass is 79.9. The van der Waals surface area contributed by atoms with Crippen LogP contribution < -0.4 is 4.74 Å². The summed E-state index contributed by atoms with van der Waals surface area (Å²) >= 11 is 6.91. The molecule has 0 spiro atoms. The van der Waals surface area contributed by atoms with Crippen LogP contribution in [0.4, 0.5) is 0 Å². The number of ether oxygens (including phenoxy) is 1. The number of nitrogens with zero attached hydrogens (tertiary/aromatic N) is 1. The smallest absolute Gasteiger partial charge is 0.233 e. The number of halogens is 2. The van der Waals surface area contributed by atoms with E-state index in [4.69, 9.17) is 4.74 Å². The average molecular weight is 357 g/mol. The molecule has 0 saturated carbocycles. The Morgan fingerprint density at radius 1 is 1.06 bits per heavy atom. The summed E-state index contributed by atoms with van der Waals surface area (Å²) in [7, 11) is 0. The van der Waals surface area contributed by atoms with Crippen molar-refractivity contribution in [2.45, 2.75) is 13.8 Å². The molecule has 0 fully saturated rings. The topological polar surface area (TPSA) is 22.1 Å². The highest BCUT2D eigenvalue weighted by Crippen LogP contribution is 2.32. The predicted molar refractivity (Wildman–Crippen MR) is 75.6 cm³/mol. The van der Waals surface area contributed by atoms with Gasteiger partial charge in [0, 0.05) is 10.7 Å². The van der Waals surface area contributed by atoms with Crippen molar-refractivity contribution in [1.82, 2.24) is 4.98 Å². The van der Waals surface area contributed by atoms with Gasteiger partial charge in [0.05, 0.1) is 4.47 Å². The third kappa shape index (κ3) is 2.87. The summed E-state index contributed by atoms with van der Waals surface area (Å²) in [6, 6.07) is 7.83. The molecule has 2 rings (SSSR count). The molecule has 0 bridgehead atoms. The third-order valence-electron chi connectivity index (χ3n) is 2.39. The molecule has 0 aliphatic heterocycles. The molecule has 0 atom stereocenters. The molecule has 2 nitrogen and oxygen atoms in total. The molecule has 1 aromatic heterocycles. The van der Waals surface area contributed by atoms with Gasteiger partial charge in [-0.3, -0.25) is 0 Å². The lowest BCUT2D eigenvalue weighted by molar-refractivity contribution is 0.455. The van der Waals surface area contributed by atoms with Gasteiger partial charge in [0.2, 0.25) is 5.88 Å². The van der Waals surface area contributed by atoms with Crippen molar-refractivity contribution in [3.05, 3.63) is 50.5 Å². The molecule has 0 saturated heterocycles. The predicted octanol–water partition coefficient (Wildman–Crippen LogP) is 5.02. The zero-order valence-corrected chi connectivity index (χ0v) is 12.7. The van der Waals surface area contributed by atoms with Gasteiger partial charge in [-0.15, -0.1) is 0 Å². The van der Waals surface area contributed by atoms with Crippen LogP contribution in [-0.4, -0.2) is 4.98 Å². The lowest BCUT2D eigenvalue weighted by Gasteiger charge is -2.10. The van der Waals surface area contributed by atoms with Crippen molar-refractivity contribution in [2.24, 2.45) is 0 Å². The SMILES string of the molecule is Cc1cc(Br)ccc1Oc1nccc(C)c1Br. The molecule has 4 heteroatoms. The molecule has 1 aromatic carbocycles. The summed E-state index contributed by atoms with van der Waals surface area (Å²) in [4.78, 5) is 4.22. The van der Waals surface area contributed by atoms with Crippen LogP contribution >= 0.6 is 31.9 Å². The zero-order chi connectivity index (χ0) is 12.4. The maximum atomic E-state index is 5.80. The molecule has 88 valence electrons. The van der Waals surface area contributed by atoms with Gasteiger partial charge >= 0.3 is 0 Å². The van der Waals surface area contributed by atoms with Gasteiger partial charge in [-0.2, -0.15) is 0 Å². The van der Waals surface area contributed by atoms with Crippen molar-refractivity contribution in [3.63, 3.8) is 0 Å². The monoisotopic (exact) mass is 355 g/mol. The minimum atomic E-state index is 0.593. The first-order valence-corrected chi connectivity index (χ1v) is 6.71. The Bertz CT molecular complexity index is 555. The first-order valence-electron chi connectivity index (χ1n) is 5.13. The molecule has 0 aliphatic rings. The first kappa shape index (κ1) is 12.6. The minimum Gasteiger partial charge on any atom is -0.438 e. The van der Waals surface area contributed by atoms with Crippen molar-refractivity contribution in [1.29, 1.82) is 0 Å². The van der Waals surface area contributed by atoms with Gasteiger partial charge in [-0.25, -0.2) is 4.98 Å². The van der Waals surface area contributed by atoms with Crippen molar-refractivity contribution >= 4 is 31.9 Å². The van der Waals surface area contributed by atoms with Gasteiger partial charge in [0.1, 0.15) is 5.75 Å². The molecule has 0 amide bonds. The fraction of sp³-hybridized carbons (Fsp3) is 0.154. The number of benzene rings is 1. The lowest BCUT2D eigenvalue weighted by Crippen LogP contribution is -1.92. The number of aromatic nitrogens is 1. The minimum absolute atomic E-state index is 0.593. The van der Waals surface area contributed by atoms with Gasteiger partial charge in [-0.1, -0.05) is 15.9 Å². The van der Waals surface area contributed by atoms with E-state index in [1.807, 2.05) is 38.1 Å². The Kier molecular flexibility index (Phi) is 3.84. The van der Waals surface area contributed by atoms with Gasteiger partial charge in [-0.05, 0) is 65.2 Å². The highest BCUT2D eigenvalue weighted by molar-refractivity contribution is 9.10. The standard InChI is InChI=1S/C13H11Br2NO/c1-8-5-6-16-13(12(8)15)17-11-4-3-10(14)7-9(11)2/h3-7H,1-2H3. The van der Waals surface area contributed by atoms with Gasteiger partial charge in [0.15, 0.2) is 0 Å². The van der Waals surface area contributed by atoms with E-state index in [0.717, 1.165) is 25.8 Å². The van der Waals surface area contributed by atoms with Crippen LogP contribution in [0, 0.1) is 13.8 Å². The fourth-order valence-electron chi connectivity index (χ4n) is 1.42. The van der Waals surface area contributed by atoms with Crippen LogP contribution in [0.1, 0.15) is 11.1 Å². The molecule has 0 N–H and O–H groups in total. The summed E-state index contributed by atoms with van der Waals surface area (Å²) < 4.78 is 7.73. The van der Waals surface area contributed by atoms with E-state index in [0.29, 0.717) is 5.88 Å². The molecular formula is C13H11Br2NO. The number of hydrogen-bond donors (Lipinski definition) is 0. The molecule has 0 aliphatic carbocycles. The Labute approximate surface area is 117 Å². The van der Waals surface area contributed by atoms with Gasteiger partial charge in [0.25, 0.3) is 0 Å². The van der Waals surface area contributed by atoms with E-state index in [2.05, 4.69) is 36.8 Å². The van der Waals surface area contributed by atoms with Gasteiger partial charge < -0.3 is 4.74 Å². The zero-order valence-electron chi connectivity index (χ0n) is 9.50. The highest BCUT2D eigenvalue weighted by Gasteiger charge is 2.08. The van der Waals surface area contributed by atoms with E-state index < -0.39 is 0 Å². The summed E-state index contributed by atoms with van der Waals surface area (Å²) in [5.41, 5.74) is 2.17. The molecule has 1 heterocycles. The van der Waals surface area contributed by atoms with E-state index in [1.165, 1.54) is 0 Å². The van der Waals surface area contributed by atoms with E-state index in [9.17, 15) is 0 Å². The van der Waals surface area contributed by atoms with Crippen molar-refractivity contribution in [2.75, 3.05) is 0 Å². The van der Waals surface area contributed by atoms with Crippen LogP contribution in [-0.2, 0) is 0 Å². The van der Waals surface area contributed by atoms with Crippen LogP contribution in [0.2, 0.25) is 0 Å². The molecular weight excluding hydrogens is 346 g/mol. The van der Waals surface area contributed by atoms with Crippen LogP contribution in [0.15, 0.2) is 39.4 Å². The Hall–Kier alpha value is -0.870. The summed E-state index contributed by atoms with van der Waals surface area (Å²) in [6.07, 6.45) is 1.74. The van der Waals surface area contributed by atoms with Crippen molar-refractivity contribution < 1.29 is 4.74 Å². The summed E-state index contributed by atoms with van der Waals surface area (Å²) in [5.74, 6) is 1.41. The van der Waals surface area contributed by atoms with E-state index in [-0.39, 0.29) is 0 Å². The third-order valence-corrected chi connectivity index (χ3v) is 3.85. The number of aryl methyl sites for hydroxylation is 2. The molecule has 2 aromatic rings. The van der Waals surface area contributed by atoms with Crippen molar-refractivity contribution in [3.8, 4) is 11.6 Å².